The number of aromatic nitrogens is 1. The number of carbonyl (C=O) groups is 2. The quantitative estimate of drug-likeness (QED) is 0.547. The molecule has 2 aromatic rings. The maximum absolute atomic E-state index is 12.3. The van der Waals surface area contributed by atoms with E-state index in [0.29, 0.717) is 4.91 Å². The van der Waals surface area contributed by atoms with E-state index in [-0.39, 0.29) is 17.7 Å². The largest absolute Gasteiger partial charge is 0.317 e. The third kappa shape index (κ3) is 3.17. The van der Waals surface area contributed by atoms with Crippen LogP contribution in [0, 0.1) is 26.2 Å². The van der Waals surface area contributed by atoms with Gasteiger partial charge in [0, 0.05) is 15.9 Å². The Bertz CT molecular complexity index is 953. The molecule has 0 unspecified atom stereocenters. The van der Waals surface area contributed by atoms with Gasteiger partial charge in [0.15, 0.2) is 0 Å². The standard InChI is InChI=1S/C19H15BrN2O2S/c1-4-9-21-18(23)17(25-19(21)24)11-14-10-12(2)22(13(14)3)16-8-6-5-7-15(16)20/h1,5-8,10-11H,9H2,2-3H3/b17-11+. The molecule has 0 saturated carbocycles. The van der Waals surface area contributed by atoms with E-state index < -0.39 is 0 Å². The van der Waals surface area contributed by atoms with Crippen LogP contribution in [0.5, 0.6) is 0 Å². The van der Waals surface area contributed by atoms with Crippen LogP contribution >= 0.6 is 27.7 Å². The van der Waals surface area contributed by atoms with Gasteiger partial charge in [-0.15, -0.1) is 6.42 Å². The number of imide groups is 1. The van der Waals surface area contributed by atoms with Crippen molar-refractivity contribution in [3.05, 3.63) is 56.7 Å². The van der Waals surface area contributed by atoms with Gasteiger partial charge in [-0.2, -0.15) is 0 Å². The summed E-state index contributed by atoms with van der Waals surface area (Å²) >= 11 is 4.50. The lowest BCUT2D eigenvalue weighted by Gasteiger charge is -2.11. The van der Waals surface area contributed by atoms with Gasteiger partial charge in [-0.05, 0) is 71.4 Å². The molecule has 1 aromatic carbocycles. The minimum absolute atomic E-state index is 0.00199. The molecule has 0 radical (unpaired) electrons. The van der Waals surface area contributed by atoms with Crippen molar-refractivity contribution in [2.75, 3.05) is 6.54 Å². The Kier molecular flexibility index (Phi) is 4.89. The number of terminal acetylenes is 1. The zero-order chi connectivity index (χ0) is 18.1. The number of aryl methyl sites for hydroxylation is 1. The summed E-state index contributed by atoms with van der Waals surface area (Å²) in [4.78, 5) is 25.7. The van der Waals surface area contributed by atoms with Crippen molar-refractivity contribution in [1.82, 2.24) is 9.47 Å². The van der Waals surface area contributed by atoms with Gasteiger partial charge in [-0.25, -0.2) is 0 Å². The summed E-state index contributed by atoms with van der Waals surface area (Å²) in [5.41, 5.74) is 3.96. The molecule has 25 heavy (non-hydrogen) atoms. The molecule has 1 aliphatic heterocycles. The summed E-state index contributed by atoms with van der Waals surface area (Å²) in [5.74, 6) is 2.01. The average molecular weight is 415 g/mol. The number of para-hydroxylation sites is 1. The van der Waals surface area contributed by atoms with Gasteiger partial charge in [-0.3, -0.25) is 14.5 Å². The highest BCUT2D eigenvalue weighted by molar-refractivity contribution is 9.10. The van der Waals surface area contributed by atoms with Crippen molar-refractivity contribution < 1.29 is 9.59 Å². The molecule has 1 aliphatic rings. The average Bonchev–Trinajstić information content (AvgIpc) is 2.99. The van der Waals surface area contributed by atoms with Crippen molar-refractivity contribution in [3.8, 4) is 18.0 Å². The number of hydrogen-bond donors (Lipinski definition) is 0. The van der Waals surface area contributed by atoms with E-state index in [1.165, 1.54) is 0 Å². The molecule has 0 bridgehead atoms. The number of rotatable bonds is 3. The van der Waals surface area contributed by atoms with E-state index in [1.54, 1.807) is 6.08 Å². The fourth-order valence-corrected chi connectivity index (χ4v) is 4.10. The van der Waals surface area contributed by atoms with E-state index in [1.807, 2.05) is 44.2 Å². The second-order valence-electron chi connectivity index (χ2n) is 5.59. The third-order valence-corrected chi connectivity index (χ3v) is 5.55. The molecule has 1 saturated heterocycles. The summed E-state index contributed by atoms with van der Waals surface area (Å²) in [6, 6.07) is 9.95. The zero-order valence-corrected chi connectivity index (χ0v) is 16.1. The van der Waals surface area contributed by atoms with E-state index in [2.05, 4.69) is 26.4 Å². The van der Waals surface area contributed by atoms with Gasteiger partial charge in [0.05, 0.1) is 17.1 Å². The van der Waals surface area contributed by atoms with Crippen LogP contribution in [0.15, 0.2) is 39.7 Å². The first-order valence-electron chi connectivity index (χ1n) is 7.56. The molecule has 126 valence electrons. The first-order valence-corrected chi connectivity index (χ1v) is 9.17. The summed E-state index contributed by atoms with van der Waals surface area (Å²) < 4.78 is 3.10. The predicted molar refractivity (Wildman–Crippen MR) is 104 cm³/mol. The van der Waals surface area contributed by atoms with Crippen molar-refractivity contribution in [3.63, 3.8) is 0 Å². The number of hydrogen-bond acceptors (Lipinski definition) is 3. The van der Waals surface area contributed by atoms with Crippen molar-refractivity contribution in [2.45, 2.75) is 13.8 Å². The van der Waals surface area contributed by atoms with Gasteiger partial charge >= 0.3 is 0 Å². The molecule has 0 atom stereocenters. The lowest BCUT2D eigenvalue weighted by atomic mass is 10.2. The normalized spacial score (nSPS) is 15.9. The SMILES string of the molecule is C#CCN1C(=O)S/C(=C/c2cc(C)n(-c3ccccc3Br)c2C)C1=O. The first kappa shape index (κ1) is 17.6. The van der Waals surface area contributed by atoms with Gasteiger partial charge in [0.2, 0.25) is 0 Å². The number of benzene rings is 1. The minimum Gasteiger partial charge on any atom is -0.317 e. The summed E-state index contributed by atoms with van der Waals surface area (Å²) in [6.07, 6.45) is 6.99. The van der Waals surface area contributed by atoms with Crippen LogP contribution in [0.1, 0.15) is 17.0 Å². The molecular weight excluding hydrogens is 400 g/mol. The highest BCUT2D eigenvalue weighted by Gasteiger charge is 2.34. The van der Waals surface area contributed by atoms with Crippen LogP contribution in [0.25, 0.3) is 11.8 Å². The molecule has 4 nitrogen and oxygen atoms in total. The Hall–Kier alpha value is -2.23. The lowest BCUT2D eigenvalue weighted by Crippen LogP contribution is -2.28. The molecule has 0 N–H and O–H groups in total. The van der Waals surface area contributed by atoms with Gasteiger partial charge < -0.3 is 4.57 Å². The van der Waals surface area contributed by atoms with Crippen molar-refractivity contribution in [2.24, 2.45) is 0 Å². The van der Waals surface area contributed by atoms with Crippen LogP contribution in [0.4, 0.5) is 4.79 Å². The van der Waals surface area contributed by atoms with Crippen LogP contribution in [0.3, 0.4) is 0 Å². The van der Waals surface area contributed by atoms with Gasteiger partial charge in [-0.1, -0.05) is 18.1 Å². The molecule has 2 amide bonds. The van der Waals surface area contributed by atoms with Crippen molar-refractivity contribution in [1.29, 1.82) is 0 Å². The minimum atomic E-state index is -0.335. The number of halogens is 1. The monoisotopic (exact) mass is 414 g/mol. The Labute approximate surface area is 159 Å². The summed E-state index contributed by atoms with van der Waals surface area (Å²) in [6.45, 7) is 4.00. The van der Waals surface area contributed by atoms with E-state index in [9.17, 15) is 9.59 Å². The lowest BCUT2D eigenvalue weighted by molar-refractivity contribution is -0.122. The molecule has 6 heteroatoms. The topological polar surface area (TPSA) is 42.3 Å². The van der Waals surface area contributed by atoms with Crippen LogP contribution in [-0.2, 0) is 4.79 Å². The molecular formula is C19H15BrN2O2S. The van der Waals surface area contributed by atoms with E-state index >= 15 is 0 Å². The van der Waals surface area contributed by atoms with Crippen LogP contribution in [0.2, 0.25) is 0 Å². The fourth-order valence-electron chi connectivity index (χ4n) is 2.81. The number of thioether (sulfide) groups is 1. The molecule has 1 aromatic heterocycles. The second kappa shape index (κ2) is 6.95. The van der Waals surface area contributed by atoms with Crippen LogP contribution < -0.4 is 0 Å². The Morgan fingerprint density at radius 1 is 1.28 bits per heavy atom. The van der Waals surface area contributed by atoms with Gasteiger partial charge in [0.1, 0.15) is 0 Å². The zero-order valence-electron chi connectivity index (χ0n) is 13.7. The Morgan fingerprint density at radius 3 is 2.68 bits per heavy atom. The third-order valence-electron chi connectivity index (χ3n) is 3.97. The fraction of sp³-hybridized carbons (Fsp3) is 0.158. The summed E-state index contributed by atoms with van der Waals surface area (Å²) in [7, 11) is 0. The highest BCUT2D eigenvalue weighted by Crippen LogP contribution is 2.34. The molecule has 0 spiro atoms. The molecule has 2 heterocycles. The summed E-state index contributed by atoms with van der Waals surface area (Å²) in [5, 5.41) is -0.325. The molecule has 1 fully saturated rings. The maximum Gasteiger partial charge on any atom is 0.294 e. The first-order chi connectivity index (χ1) is 11.9. The number of nitrogens with zero attached hydrogens (tertiary/aromatic N) is 2. The molecule has 0 aliphatic carbocycles. The van der Waals surface area contributed by atoms with Gasteiger partial charge in [0.25, 0.3) is 11.1 Å². The van der Waals surface area contributed by atoms with Crippen LogP contribution in [-0.4, -0.2) is 27.2 Å². The predicted octanol–water partition coefficient (Wildman–Crippen LogP) is 4.53. The maximum atomic E-state index is 12.3. The Balaban J connectivity index is 2.03. The number of amides is 2. The highest BCUT2D eigenvalue weighted by atomic mass is 79.9. The van der Waals surface area contributed by atoms with Crippen molar-refractivity contribution >= 4 is 44.9 Å². The second-order valence-corrected chi connectivity index (χ2v) is 7.43. The number of carbonyl (C=O) groups excluding carboxylic acids is 2. The smallest absolute Gasteiger partial charge is 0.294 e. The van der Waals surface area contributed by atoms with E-state index in [4.69, 9.17) is 6.42 Å². The molecule has 3 rings (SSSR count). The Morgan fingerprint density at radius 2 is 2.00 bits per heavy atom. The van der Waals surface area contributed by atoms with E-state index in [0.717, 1.165) is 43.8 Å².